The van der Waals surface area contributed by atoms with Crippen LogP contribution in [0, 0.1) is 0 Å². The van der Waals surface area contributed by atoms with Crippen molar-refractivity contribution in [3.05, 3.63) is 72.1 Å². The molecule has 1 heterocycles. The van der Waals surface area contributed by atoms with Gasteiger partial charge in [0, 0.05) is 35.4 Å². The number of fused-ring (bicyclic) bond motifs is 1. The van der Waals surface area contributed by atoms with Gasteiger partial charge in [0.1, 0.15) is 0 Å². The SMILES string of the molecule is CCN(CC)c1ccc(-c2csc(Nc3ccc4ccccc4c3)n2)cc1. The zero-order valence-corrected chi connectivity index (χ0v) is 16.5. The van der Waals surface area contributed by atoms with Crippen LogP contribution in [-0.4, -0.2) is 18.1 Å². The predicted octanol–water partition coefficient (Wildman–Crippen LogP) is 6.55. The first kappa shape index (κ1) is 17.6. The molecule has 0 saturated heterocycles. The molecule has 0 aliphatic heterocycles. The fourth-order valence-electron chi connectivity index (χ4n) is 3.29. The smallest absolute Gasteiger partial charge is 0.187 e. The molecule has 0 atom stereocenters. The fourth-order valence-corrected chi connectivity index (χ4v) is 4.03. The van der Waals surface area contributed by atoms with Crippen LogP contribution < -0.4 is 10.2 Å². The highest BCUT2D eigenvalue weighted by Gasteiger charge is 2.07. The van der Waals surface area contributed by atoms with Gasteiger partial charge in [-0.2, -0.15) is 0 Å². The highest BCUT2D eigenvalue weighted by molar-refractivity contribution is 7.14. The molecular formula is C23H23N3S. The summed E-state index contributed by atoms with van der Waals surface area (Å²) in [5, 5.41) is 8.92. The molecule has 4 aromatic rings. The normalized spacial score (nSPS) is 10.9. The molecule has 4 rings (SSSR count). The molecule has 0 saturated carbocycles. The van der Waals surface area contributed by atoms with Crippen LogP contribution in [0.25, 0.3) is 22.0 Å². The second-order valence-electron chi connectivity index (χ2n) is 6.44. The molecule has 4 heteroatoms. The van der Waals surface area contributed by atoms with E-state index in [2.05, 4.69) is 96.2 Å². The Kier molecular flexibility index (Phi) is 5.07. The number of hydrogen-bond donors (Lipinski definition) is 1. The van der Waals surface area contributed by atoms with Crippen LogP contribution in [0.3, 0.4) is 0 Å². The minimum Gasteiger partial charge on any atom is -0.372 e. The summed E-state index contributed by atoms with van der Waals surface area (Å²) in [7, 11) is 0. The quantitative estimate of drug-likeness (QED) is 0.415. The Bertz CT molecular complexity index is 1030. The van der Waals surface area contributed by atoms with Crippen LogP contribution in [0.4, 0.5) is 16.5 Å². The second kappa shape index (κ2) is 7.80. The number of nitrogens with one attached hydrogen (secondary N) is 1. The minimum absolute atomic E-state index is 0.910. The van der Waals surface area contributed by atoms with E-state index < -0.39 is 0 Å². The monoisotopic (exact) mass is 373 g/mol. The summed E-state index contributed by atoms with van der Waals surface area (Å²) in [5.74, 6) is 0. The number of benzene rings is 3. The van der Waals surface area contributed by atoms with E-state index in [1.165, 1.54) is 16.5 Å². The summed E-state index contributed by atoms with van der Waals surface area (Å²) in [6.45, 7) is 6.41. The molecule has 0 aliphatic rings. The van der Waals surface area contributed by atoms with Crippen molar-refractivity contribution in [2.75, 3.05) is 23.3 Å². The van der Waals surface area contributed by atoms with Crippen LogP contribution in [0.15, 0.2) is 72.1 Å². The Morgan fingerprint density at radius 2 is 1.63 bits per heavy atom. The number of nitrogens with zero attached hydrogens (tertiary/aromatic N) is 2. The summed E-state index contributed by atoms with van der Waals surface area (Å²) in [5.41, 5.74) is 4.48. The van der Waals surface area contributed by atoms with Gasteiger partial charge < -0.3 is 10.2 Å². The highest BCUT2D eigenvalue weighted by atomic mass is 32.1. The van der Waals surface area contributed by atoms with Gasteiger partial charge in [-0.1, -0.05) is 42.5 Å². The fraction of sp³-hybridized carbons (Fsp3) is 0.174. The molecule has 0 bridgehead atoms. The molecule has 0 radical (unpaired) electrons. The molecular weight excluding hydrogens is 350 g/mol. The van der Waals surface area contributed by atoms with Crippen molar-refractivity contribution in [2.45, 2.75) is 13.8 Å². The number of rotatable bonds is 6. The second-order valence-corrected chi connectivity index (χ2v) is 7.30. The van der Waals surface area contributed by atoms with Gasteiger partial charge in [0.15, 0.2) is 5.13 Å². The van der Waals surface area contributed by atoms with Crippen molar-refractivity contribution >= 4 is 38.6 Å². The maximum atomic E-state index is 4.76. The Labute approximate surface area is 164 Å². The van der Waals surface area contributed by atoms with Gasteiger partial charge in [0.25, 0.3) is 0 Å². The largest absolute Gasteiger partial charge is 0.372 e. The summed E-state index contributed by atoms with van der Waals surface area (Å²) in [6.07, 6.45) is 0. The van der Waals surface area contributed by atoms with E-state index in [1.807, 2.05) is 0 Å². The Morgan fingerprint density at radius 3 is 2.37 bits per heavy atom. The predicted molar refractivity (Wildman–Crippen MR) is 118 cm³/mol. The van der Waals surface area contributed by atoms with Gasteiger partial charge in [-0.3, -0.25) is 0 Å². The number of hydrogen-bond acceptors (Lipinski definition) is 4. The van der Waals surface area contributed by atoms with Gasteiger partial charge in [-0.05, 0) is 48.9 Å². The third kappa shape index (κ3) is 3.81. The maximum Gasteiger partial charge on any atom is 0.187 e. The van der Waals surface area contributed by atoms with E-state index in [4.69, 9.17) is 4.98 Å². The third-order valence-electron chi connectivity index (χ3n) is 4.80. The standard InChI is InChI=1S/C23H23N3S/c1-3-26(4-2)21-13-10-18(11-14-21)22-16-27-23(25-22)24-20-12-9-17-7-5-6-8-19(17)15-20/h5-16H,3-4H2,1-2H3,(H,24,25). The molecule has 0 aliphatic carbocycles. The molecule has 0 unspecified atom stereocenters. The van der Waals surface area contributed by atoms with E-state index in [-0.39, 0.29) is 0 Å². The van der Waals surface area contributed by atoms with E-state index >= 15 is 0 Å². The lowest BCUT2D eigenvalue weighted by Gasteiger charge is -2.20. The van der Waals surface area contributed by atoms with Gasteiger partial charge in [-0.15, -0.1) is 11.3 Å². The molecule has 1 N–H and O–H groups in total. The number of anilines is 3. The van der Waals surface area contributed by atoms with Gasteiger partial charge in [0.05, 0.1) is 5.69 Å². The van der Waals surface area contributed by atoms with Gasteiger partial charge >= 0.3 is 0 Å². The zero-order valence-electron chi connectivity index (χ0n) is 15.6. The maximum absolute atomic E-state index is 4.76. The van der Waals surface area contributed by atoms with Crippen LogP contribution in [-0.2, 0) is 0 Å². The Balaban J connectivity index is 1.52. The van der Waals surface area contributed by atoms with Gasteiger partial charge in [0.2, 0.25) is 0 Å². The van der Waals surface area contributed by atoms with Crippen molar-refractivity contribution in [2.24, 2.45) is 0 Å². The van der Waals surface area contributed by atoms with Crippen molar-refractivity contribution < 1.29 is 0 Å². The van der Waals surface area contributed by atoms with Crippen LogP contribution in [0.1, 0.15) is 13.8 Å². The molecule has 3 aromatic carbocycles. The third-order valence-corrected chi connectivity index (χ3v) is 5.55. The average molecular weight is 374 g/mol. The molecule has 1 aromatic heterocycles. The van der Waals surface area contributed by atoms with Crippen molar-refractivity contribution in [1.29, 1.82) is 0 Å². The van der Waals surface area contributed by atoms with Crippen LogP contribution in [0.2, 0.25) is 0 Å². The van der Waals surface area contributed by atoms with E-state index in [0.717, 1.165) is 35.2 Å². The van der Waals surface area contributed by atoms with E-state index in [9.17, 15) is 0 Å². The lowest BCUT2D eigenvalue weighted by molar-refractivity contribution is 0.866. The molecule has 0 fully saturated rings. The first-order valence-corrected chi connectivity index (χ1v) is 10.2. The molecule has 3 nitrogen and oxygen atoms in total. The van der Waals surface area contributed by atoms with Gasteiger partial charge in [-0.25, -0.2) is 4.98 Å². The van der Waals surface area contributed by atoms with Crippen LogP contribution >= 0.6 is 11.3 Å². The zero-order chi connectivity index (χ0) is 18.6. The first-order chi connectivity index (χ1) is 13.3. The number of thiazole rings is 1. The average Bonchev–Trinajstić information content (AvgIpc) is 3.18. The van der Waals surface area contributed by atoms with Crippen molar-refractivity contribution in [1.82, 2.24) is 4.98 Å². The molecule has 136 valence electrons. The highest BCUT2D eigenvalue weighted by Crippen LogP contribution is 2.29. The van der Waals surface area contributed by atoms with Crippen LogP contribution in [0.5, 0.6) is 0 Å². The van der Waals surface area contributed by atoms with Crippen molar-refractivity contribution in [3.63, 3.8) is 0 Å². The summed E-state index contributed by atoms with van der Waals surface area (Å²) >= 11 is 1.63. The summed E-state index contributed by atoms with van der Waals surface area (Å²) in [4.78, 5) is 7.11. The Hall–Kier alpha value is -2.85. The lowest BCUT2D eigenvalue weighted by atomic mass is 10.1. The molecule has 0 amide bonds. The topological polar surface area (TPSA) is 28.2 Å². The van der Waals surface area contributed by atoms with E-state index in [0.29, 0.717) is 0 Å². The molecule has 0 spiro atoms. The Morgan fingerprint density at radius 1 is 0.889 bits per heavy atom. The summed E-state index contributed by atoms with van der Waals surface area (Å²) in [6, 6.07) is 23.5. The van der Waals surface area contributed by atoms with E-state index in [1.54, 1.807) is 11.3 Å². The summed E-state index contributed by atoms with van der Waals surface area (Å²) < 4.78 is 0. The first-order valence-electron chi connectivity index (χ1n) is 9.33. The molecule has 27 heavy (non-hydrogen) atoms. The van der Waals surface area contributed by atoms with Crippen molar-refractivity contribution in [3.8, 4) is 11.3 Å². The lowest BCUT2D eigenvalue weighted by Crippen LogP contribution is -2.21. The minimum atomic E-state index is 0.910. The number of aromatic nitrogens is 1.